The Morgan fingerprint density at radius 1 is 1.73 bits per heavy atom. The lowest BCUT2D eigenvalue weighted by atomic mass is 9.92. The van der Waals surface area contributed by atoms with Gasteiger partial charge in [-0.25, -0.2) is 0 Å². The van der Waals surface area contributed by atoms with Crippen LogP contribution in [-0.2, 0) is 4.74 Å². The fourth-order valence-corrected chi connectivity index (χ4v) is 2.00. The van der Waals surface area contributed by atoms with Crippen molar-refractivity contribution in [3.05, 3.63) is 22.0 Å². The number of aromatic amines is 1. The molecule has 15 heavy (non-hydrogen) atoms. The van der Waals surface area contributed by atoms with Crippen LogP contribution in [0.4, 0.5) is 5.69 Å². The molecule has 6 heteroatoms. The summed E-state index contributed by atoms with van der Waals surface area (Å²) in [5, 5.41) is 17.2. The van der Waals surface area contributed by atoms with Gasteiger partial charge in [-0.05, 0) is 19.8 Å². The fourth-order valence-electron chi connectivity index (χ4n) is 2.00. The first kappa shape index (κ1) is 10.1. The van der Waals surface area contributed by atoms with Gasteiger partial charge in [-0.2, -0.15) is 5.10 Å². The number of hydrogen-bond donors (Lipinski definition) is 1. The molecule has 1 aliphatic rings. The highest BCUT2D eigenvalue weighted by atomic mass is 16.6. The number of rotatable bonds is 2. The third kappa shape index (κ3) is 1.99. The monoisotopic (exact) mass is 211 g/mol. The average molecular weight is 211 g/mol. The predicted octanol–water partition coefficient (Wildman–Crippen LogP) is 1.60. The molecule has 2 heterocycles. The van der Waals surface area contributed by atoms with Gasteiger partial charge in [0.25, 0.3) is 0 Å². The number of nitrogens with zero attached hydrogens (tertiary/aromatic N) is 2. The van der Waals surface area contributed by atoms with Crippen LogP contribution < -0.4 is 0 Å². The molecule has 1 aromatic heterocycles. The molecule has 2 unspecified atom stereocenters. The fraction of sp³-hybridized carbons (Fsp3) is 0.667. The molecule has 1 N–H and O–H groups in total. The van der Waals surface area contributed by atoms with Gasteiger partial charge in [-0.3, -0.25) is 15.2 Å². The first-order chi connectivity index (χ1) is 7.18. The molecular formula is C9H13N3O3. The zero-order valence-electron chi connectivity index (χ0n) is 8.47. The van der Waals surface area contributed by atoms with Gasteiger partial charge in [0.2, 0.25) is 0 Å². The number of ether oxygens (including phenoxy) is 1. The summed E-state index contributed by atoms with van der Waals surface area (Å²) in [6, 6.07) is 0. The molecular weight excluding hydrogens is 198 g/mol. The molecule has 0 aromatic carbocycles. The Morgan fingerprint density at radius 3 is 3.20 bits per heavy atom. The van der Waals surface area contributed by atoms with Crippen molar-refractivity contribution in [1.82, 2.24) is 10.2 Å². The molecule has 1 saturated heterocycles. The van der Waals surface area contributed by atoms with Crippen molar-refractivity contribution in [2.45, 2.75) is 31.8 Å². The lowest BCUT2D eigenvalue weighted by Crippen LogP contribution is -2.22. The van der Waals surface area contributed by atoms with Crippen LogP contribution in [0, 0.1) is 10.1 Å². The van der Waals surface area contributed by atoms with Gasteiger partial charge in [-0.1, -0.05) is 0 Å². The van der Waals surface area contributed by atoms with Crippen LogP contribution >= 0.6 is 0 Å². The van der Waals surface area contributed by atoms with Gasteiger partial charge in [0.15, 0.2) is 0 Å². The summed E-state index contributed by atoms with van der Waals surface area (Å²) in [4.78, 5) is 10.3. The minimum Gasteiger partial charge on any atom is -0.378 e. The number of nitrogens with one attached hydrogen (secondary N) is 1. The molecule has 1 aliphatic heterocycles. The maximum absolute atomic E-state index is 10.7. The van der Waals surface area contributed by atoms with E-state index in [0.29, 0.717) is 12.3 Å². The van der Waals surface area contributed by atoms with E-state index in [0.717, 1.165) is 12.8 Å². The Bertz CT molecular complexity index is 363. The van der Waals surface area contributed by atoms with Crippen molar-refractivity contribution >= 4 is 5.69 Å². The highest BCUT2D eigenvalue weighted by molar-refractivity contribution is 5.34. The van der Waals surface area contributed by atoms with Crippen LogP contribution in [0.3, 0.4) is 0 Å². The molecule has 2 rings (SSSR count). The van der Waals surface area contributed by atoms with Crippen molar-refractivity contribution in [3.63, 3.8) is 0 Å². The molecule has 2 atom stereocenters. The van der Waals surface area contributed by atoms with E-state index in [2.05, 4.69) is 10.2 Å². The highest BCUT2D eigenvalue weighted by Crippen LogP contribution is 2.33. The Hall–Kier alpha value is -1.43. The molecule has 1 aromatic rings. The van der Waals surface area contributed by atoms with Gasteiger partial charge in [0.1, 0.15) is 11.9 Å². The van der Waals surface area contributed by atoms with Crippen LogP contribution in [0.15, 0.2) is 6.20 Å². The molecule has 0 spiro atoms. The summed E-state index contributed by atoms with van der Waals surface area (Å²) in [7, 11) is 0. The number of nitro groups is 1. The van der Waals surface area contributed by atoms with Gasteiger partial charge >= 0.3 is 5.69 Å². The topological polar surface area (TPSA) is 81.0 Å². The largest absolute Gasteiger partial charge is 0.378 e. The average Bonchev–Trinajstić information content (AvgIpc) is 2.65. The number of H-pyrrole nitrogens is 1. The second-order valence-electron chi connectivity index (χ2n) is 3.83. The second-order valence-corrected chi connectivity index (χ2v) is 3.83. The van der Waals surface area contributed by atoms with E-state index < -0.39 is 0 Å². The summed E-state index contributed by atoms with van der Waals surface area (Å²) < 4.78 is 5.40. The van der Waals surface area contributed by atoms with Crippen LogP contribution in [-0.4, -0.2) is 27.8 Å². The number of aromatic nitrogens is 2. The lowest BCUT2D eigenvalue weighted by molar-refractivity contribution is -0.385. The van der Waals surface area contributed by atoms with E-state index in [1.54, 1.807) is 0 Å². The van der Waals surface area contributed by atoms with Crippen LogP contribution in [0.25, 0.3) is 0 Å². The molecule has 82 valence electrons. The Labute approximate surface area is 86.8 Å². The zero-order valence-corrected chi connectivity index (χ0v) is 8.47. The summed E-state index contributed by atoms with van der Waals surface area (Å²) in [5.74, 6) is 0.164. The summed E-state index contributed by atoms with van der Waals surface area (Å²) >= 11 is 0. The first-order valence-corrected chi connectivity index (χ1v) is 4.97. The van der Waals surface area contributed by atoms with Gasteiger partial charge in [0.05, 0.1) is 11.0 Å². The Kier molecular flexibility index (Phi) is 2.68. The van der Waals surface area contributed by atoms with E-state index in [1.807, 2.05) is 6.92 Å². The van der Waals surface area contributed by atoms with Crippen molar-refractivity contribution in [3.8, 4) is 0 Å². The third-order valence-electron chi connectivity index (χ3n) is 2.74. The first-order valence-electron chi connectivity index (χ1n) is 4.97. The molecule has 6 nitrogen and oxygen atoms in total. The van der Waals surface area contributed by atoms with E-state index in [9.17, 15) is 10.1 Å². The van der Waals surface area contributed by atoms with Crippen LogP contribution in [0.2, 0.25) is 0 Å². The van der Waals surface area contributed by atoms with Gasteiger partial charge in [-0.15, -0.1) is 0 Å². The quantitative estimate of drug-likeness (QED) is 0.595. The van der Waals surface area contributed by atoms with Crippen molar-refractivity contribution in [2.75, 3.05) is 6.61 Å². The van der Waals surface area contributed by atoms with Crippen molar-refractivity contribution < 1.29 is 9.66 Å². The summed E-state index contributed by atoms with van der Waals surface area (Å²) in [5.41, 5.74) is 0.726. The van der Waals surface area contributed by atoms with Crippen LogP contribution in [0.5, 0.6) is 0 Å². The lowest BCUT2D eigenvalue weighted by Gasteiger charge is -2.25. The normalized spacial score (nSPS) is 26.5. The van der Waals surface area contributed by atoms with Gasteiger partial charge in [0, 0.05) is 12.5 Å². The third-order valence-corrected chi connectivity index (χ3v) is 2.74. The highest BCUT2D eigenvalue weighted by Gasteiger charge is 2.28. The maximum Gasteiger partial charge on any atom is 0.310 e. The van der Waals surface area contributed by atoms with Crippen molar-refractivity contribution in [2.24, 2.45) is 0 Å². The van der Waals surface area contributed by atoms with E-state index in [4.69, 9.17) is 4.74 Å². The van der Waals surface area contributed by atoms with E-state index in [1.165, 1.54) is 6.20 Å². The predicted molar refractivity (Wildman–Crippen MR) is 52.6 cm³/mol. The molecule has 0 amide bonds. The molecule has 0 saturated carbocycles. The molecule has 0 radical (unpaired) electrons. The minimum atomic E-state index is -0.390. The summed E-state index contributed by atoms with van der Waals surface area (Å²) in [6.45, 7) is 2.64. The number of hydrogen-bond acceptors (Lipinski definition) is 4. The van der Waals surface area contributed by atoms with Crippen LogP contribution in [0.1, 0.15) is 31.4 Å². The Balaban J connectivity index is 2.21. The zero-order chi connectivity index (χ0) is 10.8. The SMILES string of the molecule is CC1CC(c2[nH]ncc2[N+](=O)[O-])CCO1. The van der Waals surface area contributed by atoms with Gasteiger partial charge < -0.3 is 4.74 Å². The minimum absolute atomic E-state index is 0.0918. The standard InChI is InChI=1S/C9H13N3O3/c1-6-4-7(2-3-15-6)9-8(12(13)14)5-10-11-9/h5-7H,2-4H2,1H3,(H,10,11). The molecule has 0 aliphatic carbocycles. The molecule has 0 bridgehead atoms. The van der Waals surface area contributed by atoms with E-state index in [-0.39, 0.29) is 22.6 Å². The van der Waals surface area contributed by atoms with E-state index >= 15 is 0 Å². The smallest absolute Gasteiger partial charge is 0.310 e. The second kappa shape index (κ2) is 3.98. The molecule has 1 fully saturated rings. The summed E-state index contributed by atoms with van der Waals surface area (Å²) in [6.07, 6.45) is 3.05. The maximum atomic E-state index is 10.7. The Morgan fingerprint density at radius 2 is 2.53 bits per heavy atom. The van der Waals surface area contributed by atoms with Crippen molar-refractivity contribution in [1.29, 1.82) is 0 Å².